The maximum absolute atomic E-state index is 13.7. The molecule has 0 radical (unpaired) electrons. The molecule has 4 nitrogen and oxygen atoms in total. The van der Waals surface area contributed by atoms with E-state index in [-0.39, 0.29) is 10.9 Å². The molecule has 0 fully saturated rings. The Bertz CT molecular complexity index is 531. The van der Waals surface area contributed by atoms with Gasteiger partial charge in [-0.25, -0.2) is 12.8 Å². The summed E-state index contributed by atoms with van der Waals surface area (Å²) in [4.78, 5) is -0.294. The van der Waals surface area contributed by atoms with Gasteiger partial charge >= 0.3 is 0 Å². The monoisotopic (exact) mass is 289 g/mol. The summed E-state index contributed by atoms with van der Waals surface area (Å²) in [6, 6.07) is 3.90. The van der Waals surface area contributed by atoms with Gasteiger partial charge in [0.25, 0.3) is 0 Å². The molecule has 0 amide bonds. The van der Waals surface area contributed by atoms with E-state index in [0.717, 1.165) is 6.26 Å². The summed E-state index contributed by atoms with van der Waals surface area (Å²) in [7, 11) is -3.54. The molecule has 1 rings (SSSR count). The van der Waals surface area contributed by atoms with Gasteiger partial charge in [0.2, 0.25) is 0 Å². The molecule has 1 aromatic rings. The molecule has 0 aliphatic carbocycles. The molecule has 0 aliphatic rings. The zero-order valence-electron chi connectivity index (χ0n) is 11.4. The number of hydrogen-bond acceptors (Lipinski definition) is 4. The van der Waals surface area contributed by atoms with Crippen LogP contribution in [-0.2, 0) is 9.84 Å². The first-order valence-corrected chi connectivity index (χ1v) is 8.05. The first-order valence-electron chi connectivity index (χ1n) is 6.16. The third-order valence-corrected chi connectivity index (χ3v) is 4.12. The summed E-state index contributed by atoms with van der Waals surface area (Å²) in [5, 5.41) is 12.5. The van der Waals surface area contributed by atoms with Crippen LogP contribution < -0.4 is 5.32 Å². The topological polar surface area (TPSA) is 66.4 Å². The van der Waals surface area contributed by atoms with Crippen LogP contribution in [0.1, 0.15) is 31.9 Å². The molecule has 0 aliphatic heterocycles. The number of nitrogens with one attached hydrogen (secondary N) is 1. The molecule has 0 saturated carbocycles. The predicted octanol–water partition coefficient (Wildman–Crippen LogP) is 1.65. The van der Waals surface area contributed by atoms with Crippen molar-refractivity contribution < 1.29 is 17.9 Å². The van der Waals surface area contributed by atoms with Crippen molar-refractivity contribution in [3.05, 3.63) is 29.6 Å². The third kappa shape index (κ3) is 4.56. The fourth-order valence-electron chi connectivity index (χ4n) is 1.66. The van der Waals surface area contributed by atoms with Crippen LogP contribution in [0.2, 0.25) is 0 Å². The molecule has 108 valence electrons. The van der Waals surface area contributed by atoms with E-state index in [9.17, 15) is 17.9 Å². The van der Waals surface area contributed by atoms with Crippen molar-refractivity contribution in [1.29, 1.82) is 0 Å². The number of rotatable bonds is 6. The summed E-state index contributed by atoms with van der Waals surface area (Å²) in [5.41, 5.74) is 0.646. The van der Waals surface area contributed by atoms with Crippen LogP contribution in [0, 0.1) is 5.82 Å². The largest absolute Gasteiger partial charge is 0.392 e. The van der Waals surface area contributed by atoms with Gasteiger partial charge in [0.1, 0.15) is 10.7 Å². The second-order valence-electron chi connectivity index (χ2n) is 4.65. The summed E-state index contributed by atoms with van der Waals surface area (Å²) in [5.74, 6) is -0.746. The molecule has 6 heteroatoms. The molecule has 2 unspecified atom stereocenters. The Kier molecular flexibility index (Phi) is 5.46. The Morgan fingerprint density at radius 2 is 2.05 bits per heavy atom. The van der Waals surface area contributed by atoms with E-state index in [1.807, 2.05) is 13.8 Å². The Balaban J connectivity index is 2.83. The minimum Gasteiger partial charge on any atom is -0.392 e. The van der Waals surface area contributed by atoms with Gasteiger partial charge in [0.15, 0.2) is 9.84 Å². The van der Waals surface area contributed by atoms with E-state index < -0.39 is 21.8 Å². The quantitative estimate of drug-likeness (QED) is 0.835. The van der Waals surface area contributed by atoms with Crippen molar-refractivity contribution in [2.45, 2.75) is 37.3 Å². The van der Waals surface area contributed by atoms with E-state index in [4.69, 9.17) is 0 Å². The fraction of sp³-hybridized carbons (Fsp3) is 0.538. The third-order valence-electron chi connectivity index (χ3n) is 2.99. The maximum atomic E-state index is 13.7. The molecule has 0 aromatic heterocycles. The molecular formula is C13H20FNO3S. The second-order valence-corrected chi connectivity index (χ2v) is 6.64. The standard InChI is InChI=1S/C13H20FNO3S/c1-4-11(16)8-15-9(2)10-5-6-13(12(14)7-10)19(3,17)18/h5-7,9,11,15-16H,4,8H2,1-3H3. The van der Waals surface area contributed by atoms with Crippen molar-refractivity contribution in [3.63, 3.8) is 0 Å². The lowest BCUT2D eigenvalue weighted by molar-refractivity contribution is 0.163. The van der Waals surface area contributed by atoms with E-state index in [1.54, 1.807) is 6.07 Å². The van der Waals surface area contributed by atoms with Gasteiger partial charge in [-0.3, -0.25) is 0 Å². The predicted molar refractivity (Wildman–Crippen MR) is 72.2 cm³/mol. The first kappa shape index (κ1) is 16.1. The maximum Gasteiger partial charge on any atom is 0.178 e. The normalized spacial score (nSPS) is 15.2. The highest BCUT2D eigenvalue weighted by Crippen LogP contribution is 2.20. The Labute approximate surface area is 113 Å². The van der Waals surface area contributed by atoms with Gasteiger partial charge in [-0.15, -0.1) is 0 Å². The highest BCUT2D eigenvalue weighted by Gasteiger charge is 2.16. The van der Waals surface area contributed by atoms with Gasteiger partial charge in [-0.2, -0.15) is 0 Å². The van der Waals surface area contributed by atoms with Gasteiger partial charge < -0.3 is 10.4 Å². The first-order chi connectivity index (χ1) is 8.75. The van der Waals surface area contributed by atoms with Crippen LogP contribution in [0.25, 0.3) is 0 Å². The van der Waals surface area contributed by atoms with Crippen LogP contribution in [0.5, 0.6) is 0 Å². The molecule has 0 heterocycles. The summed E-state index contributed by atoms with van der Waals surface area (Å²) >= 11 is 0. The molecule has 2 atom stereocenters. The van der Waals surface area contributed by atoms with Crippen LogP contribution in [0.3, 0.4) is 0 Å². The second kappa shape index (κ2) is 6.45. The molecule has 1 aromatic carbocycles. The summed E-state index contributed by atoms with van der Waals surface area (Å²) in [6.07, 6.45) is 1.17. The molecule has 19 heavy (non-hydrogen) atoms. The molecule has 0 saturated heterocycles. The van der Waals surface area contributed by atoms with Gasteiger partial charge in [0, 0.05) is 18.8 Å². The summed E-state index contributed by atoms with van der Waals surface area (Å²) in [6.45, 7) is 4.11. The SMILES string of the molecule is CCC(O)CNC(C)c1ccc(S(C)(=O)=O)c(F)c1. The smallest absolute Gasteiger partial charge is 0.178 e. The Morgan fingerprint density at radius 1 is 1.42 bits per heavy atom. The number of sulfone groups is 1. The van der Waals surface area contributed by atoms with Crippen molar-refractivity contribution >= 4 is 9.84 Å². The lowest BCUT2D eigenvalue weighted by Crippen LogP contribution is -2.28. The van der Waals surface area contributed by atoms with Crippen LogP contribution in [0.15, 0.2) is 23.1 Å². The van der Waals surface area contributed by atoms with Crippen molar-refractivity contribution in [2.75, 3.05) is 12.8 Å². The fourth-order valence-corrected chi connectivity index (χ4v) is 2.39. The van der Waals surface area contributed by atoms with E-state index in [1.165, 1.54) is 12.1 Å². The van der Waals surface area contributed by atoms with Crippen molar-refractivity contribution in [2.24, 2.45) is 0 Å². The van der Waals surface area contributed by atoms with Gasteiger partial charge in [-0.1, -0.05) is 13.0 Å². The van der Waals surface area contributed by atoms with E-state index in [0.29, 0.717) is 18.5 Å². The molecule has 0 spiro atoms. The highest BCUT2D eigenvalue weighted by atomic mass is 32.2. The molecule has 2 N–H and O–H groups in total. The minimum absolute atomic E-state index is 0.163. The summed E-state index contributed by atoms with van der Waals surface area (Å²) < 4.78 is 36.3. The highest BCUT2D eigenvalue weighted by molar-refractivity contribution is 7.90. The van der Waals surface area contributed by atoms with E-state index in [2.05, 4.69) is 5.32 Å². The van der Waals surface area contributed by atoms with Crippen molar-refractivity contribution in [3.8, 4) is 0 Å². The number of hydrogen-bond donors (Lipinski definition) is 2. The zero-order valence-corrected chi connectivity index (χ0v) is 12.2. The average Bonchev–Trinajstić information content (AvgIpc) is 2.33. The lowest BCUT2D eigenvalue weighted by Gasteiger charge is -2.17. The number of aliphatic hydroxyl groups excluding tert-OH is 1. The zero-order chi connectivity index (χ0) is 14.6. The van der Waals surface area contributed by atoms with Crippen LogP contribution in [-0.4, -0.2) is 32.4 Å². The number of halogens is 1. The van der Waals surface area contributed by atoms with Gasteiger partial charge in [0.05, 0.1) is 6.10 Å². The number of aliphatic hydroxyl groups is 1. The van der Waals surface area contributed by atoms with Crippen LogP contribution >= 0.6 is 0 Å². The minimum atomic E-state index is -3.54. The number of benzene rings is 1. The van der Waals surface area contributed by atoms with Gasteiger partial charge in [-0.05, 0) is 31.0 Å². The van der Waals surface area contributed by atoms with Crippen LogP contribution in [0.4, 0.5) is 4.39 Å². The van der Waals surface area contributed by atoms with E-state index >= 15 is 0 Å². The molecular weight excluding hydrogens is 269 g/mol. The lowest BCUT2D eigenvalue weighted by atomic mass is 10.1. The molecule has 0 bridgehead atoms. The average molecular weight is 289 g/mol. The Morgan fingerprint density at radius 3 is 2.53 bits per heavy atom. The Hall–Kier alpha value is -0.980. The van der Waals surface area contributed by atoms with Crippen molar-refractivity contribution in [1.82, 2.24) is 5.32 Å².